The van der Waals surface area contributed by atoms with E-state index in [1.54, 1.807) is 42.2 Å². The van der Waals surface area contributed by atoms with Crippen LogP contribution in [0.2, 0.25) is 15.1 Å². The van der Waals surface area contributed by atoms with Crippen LogP contribution in [0.5, 0.6) is 0 Å². The molecule has 0 saturated carbocycles. The largest absolute Gasteiger partial charge is 0.354 e. The van der Waals surface area contributed by atoms with Crippen molar-refractivity contribution >= 4 is 46.6 Å². The van der Waals surface area contributed by atoms with Crippen LogP contribution in [0, 0.1) is 5.92 Å². The van der Waals surface area contributed by atoms with Gasteiger partial charge >= 0.3 is 0 Å². The maximum absolute atomic E-state index is 13.2. The van der Waals surface area contributed by atoms with Crippen LogP contribution >= 0.6 is 34.8 Å². The van der Waals surface area contributed by atoms with E-state index >= 15 is 0 Å². The summed E-state index contributed by atoms with van der Waals surface area (Å²) in [5.41, 5.74) is 1.42. The summed E-state index contributed by atoms with van der Waals surface area (Å²) in [6, 6.07) is 11.6. The smallest absolute Gasteiger partial charge is 0.242 e. The van der Waals surface area contributed by atoms with Crippen molar-refractivity contribution in [2.45, 2.75) is 39.8 Å². The molecule has 2 amide bonds. The second-order valence-electron chi connectivity index (χ2n) is 7.34. The third-order valence-electron chi connectivity index (χ3n) is 4.51. The monoisotopic (exact) mass is 454 g/mol. The van der Waals surface area contributed by atoms with Crippen molar-refractivity contribution in [1.29, 1.82) is 0 Å². The molecule has 0 aliphatic carbocycles. The average molecular weight is 456 g/mol. The van der Waals surface area contributed by atoms with Crippen LogP contribution in [0.4, 0.5) is 0 Å². The quantitative estimate of drug-likeness (QED) is 0.581. The van der Waals surface area contributed by atoms with Gasteiger partial charge in [0.1, 0.15) is 6.04 Å². The molecule has 1 N–H and O–H groups in total. The molecule has 7 heteroatoms. The molecule has 2 rings (SSSR count). The maximum Gasteiger partial charge on any atom is 0.242 e. The fourth-order valence-electron chi connectivity index (χ4n) is 2.78. The Balaban J connectivity index is 2.26. The van der Waals surface area contributed by atoms with Gasteiger partial charge < -0.3 is 10.2 Å². The Labute approximate surface area is 187 Å². The minimum absolute atomic E-state index is 0.00783. The van der Waals surface area contributed by atoms with Gasteiger partial charge in [0, 0.05) is 28.2 Å². The van der Waals surface area contributed by atoms with Crippen LogP contribution in [-0.2, 0) is 22.6 Å². The Morgan fingerprint density at radius 3 is 2.10 bits per heavy atom. The topological polar surface area (TPSA) is 49.4 Å². The highest BCUT2D eigenvalue weighted by molar-refractivity contribution is 6.36. The lowest BCUT2D eigenvalue weighted by molar-refractivity contribution is -0.140. The van der Waals surface area contributed by atoms with Crippen molar-refractivity contribution in [3.05, 3.63) is 68.7 Å². The second-order valence-corrected chi connectivity index (χ2v) is 8.59. The summed E-state index contributed by atoms with van der Waals surface area (Å²) in [7, 11) is 0. The van der Waals surface area contributed by atoms with E-state index < -0.39 is 6.04 Å². The number of rotatable bonds is 8. The molecule has 0 radical (unpaired) electrons. The summed E-state index contributed by atoms with van der Waals surface area (Å²) in [5, 5.41) is 4.35. The minimum atomic E-state index is -0.654. The summed E-state index contributed by atoms with van der Waals surface area (Å²) in [5.74, 6) is -0.123. The molecule has 0 aliphatic rings. The Bertz CT molecular complexity index is 833. The molecule has 2 aromatic rings. The van der Waals surface area contributed by atoms with E-state index in [0.717, 1.165) is 5.56 Å². The number of halogens is 3. The van der Waals surface area contributed by atoms with E-state index in [1.807, 2.05) is 26.0 Å². The zero-order chi connectivity index (χ0) is 21.6. The lowest BCUT2D eigenvalue weighted by atomic mass is 10.1. The zero-order valence-corrected chi connectivity index (χ0v) is 19.0. The highest BCUT2D eigenvalue weighted by atomic mass is 35.5. The molecule has 0 aliphatic heterocycles. The van der Waals surface area contributed by atoms with Crippen molar-refractivity contribution in [2.75, 3.05) is 6.54 Å². The summed E-state index contributed by atoms with van der Waals surface area (Å²) < 4.78 is 0. The second kappa shape index (κ2) is 10.9. The number of nitrogens with one attached hydrogen (secondary N) is 1. The molecule has 0 saturated heterocycles. The number of amides is 2. The summed E-state index contributed by atoms with van der Waals surface area (Å²) in [6.07, 6.45) is 0.00783. The van der Waals surface area contributed by atoms with Gasteiger partial charge in [0.15, 0.2) is 0 Å². The standard InChI is InChI=1S/C22H25Cl3N2O2/c1-14(2)12-26-22(29)15(3)27(13-16-7-9-17(23)10-8-16)21(28)11-18-19(24)5-4-6-20(18)25/h4-10,14-15H,11-13H2,1-3H3,(H,26,29)/t15-/m0/s1. The van der Waals surface area contributed by atoms with Crippen molar-refractivity contribution in [1.82, 2.24) is 10.2 Å². The highest BCUT2D eigenvalue weighted by Crippen LogP contribution is 2.26. The summed E-state index contributed by atoms with van der Waals surface area (Å²) in [4.78, 5) is 27.4. The van der Waals surface area contributed by atoms with Gasteiger partial charge in [-0.3, -0.25) is 9.59 Å². The molecule has 0 bridgehead atoms. The number of benzene rings is 2. The molecular weight excluding hydrogens is 431 g/mol. The lowest BCUT2D eigenvalue weighted by Gasteiger charge is -2.29. The van der Waals surface area contributed by atoms with Gasteiger partial charge in [0.25, 0.3) is 0 Å². The zero-order valence-electron chi connectivity index (χ0n) is 16.7. The Morgan fingerprint density at radius 2 is 1.55 bits per heavy atom. The summed E-state index contributed by atoms with van der Waals surface area (Å²) in [6.45, 7) is 6.57. The van der Waals surface area contributed by atoms with Gasteiger partial charge in [-0.15, -0.1) is 0 Å². The third-order valence-corrected chi connectivity index (χ3v) is 5.47. The van der Waals surface area contributed by atoms with E-state index in [0.29, 0.717) is 33.1 Å². The van der Waals surface area contributed by atoms with Crippen LogP contribution in [0.25, 0.3) is 0 Å². The van der Waals surface area contributed by atoms with Gasteiger partial charge in [-0.05, 0) is 48.2 Å². The van der Waals surface area contributed by atoms with E-state index in [4.69, 9.17) is 34.8 Å². The first-order valence-corrected chi connectivity index (χ1v) is 10.6. The first kappa shape index (κ1) is 23.5. The number of carbonyl (C=O) groups is 2. The fraction of sp³-hybridized carbons (Fsp3) is 0.364. The summed E-state index contributed by atoms with van der Waals surface area (Å²) >= 11 is 18.4. The molecule has 1 atom stereocenters. The van der Waals surface area contributed by atoms with Crippen molar-refractivity contribution in [3.63, 3.8) is 0 Å². The predicted molar refractivity (Wildman–Crippen MR) is 119 cm³/mol. The number of hydrogen-bond acceptors (Lipinski definition) is 2. The average Bonchev–Trinajstić information content (AvgIpc) is 2.67. The van der Waals surface area contributed by atoms with E-state index in [2.05, 4.69) is 5.32 Å². The van der Waals surface area contributed by atoms with E-state index in [-0.39, 0.29) is 24.8 Å². The van der Waals surface area contributed by atoms with E-state index in [9.17, 15) is 9.59 Å². The van der Waals surface area contributed by atoms with Crippen LogP contribution in [-0.4, -0.2) is 29.3 Å². The molecule has 0 fully saturated rings. The van der Waals surface area contributed by atoms with Crippen molar-refractivity contribution in [3.8, 4) is 0 Å². The predicted octanol–water partition coefficient (Wildman–Crippen LogP) is 5.38. The van der Waals surface area contributed by atoms with Gasteiger partial charge in [-0.25, -0.2) is 0 Å². The Morgan fingerprint density at radius 1 is 0.966 bits per heavy atom. The van der Waals surface area contributed by atoms with Gasteiger partial charge in [-0.2, -0.15) is 0 Å². The third kappa shape index (κ3) is 6.91. The molecule has 0 spiro atoms. The molecule has 2 aromatic carbocycles. The highest BCUT2D eigenvalue weighted by Gasteiger charge is 2.27. The molecule has 0 unspecified atom stereocenters. The van der Waals surface area contributed by atoms with Crippen molar-refractivity contribution < 1.29 is 9.59 Å². The van der Waals surface area contributed by atoms with Crippen LogP contribution in [0.1, 0.15) is 31.9 Å². The lowest BCUT2D eigenvalue weighted by Crippen LogP contribution is -2.48. The molecule has 4 nitrogen and oxygen atoms in total. The molecule has 0 heterocycles. The van der Waals surface area contributed by atoms with Gasteiger partial charge in [-0.1, -0.05) is 66.8 Å². The van der Waals surface area contributed by atoms with E-state index in [1.165, 1.54) is 0 Å². The van der Waals surface area contributed by atoms with Crippen LogP contribution < -0.4 is 5.32 Å². The molecule has 0 aromatic heterocycles. The minimum Gasteiger partial charge on any atom is -0.354 e. The number of hydrogen-bond donors (Lipinski definition) is 1. The SMILES string of the molecule is CC(C)CNC(=O)[C@H](C)N(Cc1ccc(Cl)cc1)C(=O)Cc1c(Cl)cccc1Cl. The van der Waals surface area contributed by atoms with Crippen molar-refractivity contribution in [2.24, 2.45) is 5.92 Å². The fourth-order valence-corrected chi connectivity index (χ4v) is 3.43. The Kier molecular flexibility index (Phi) is 8.81. The first-order valence-electron chi connectivity index (χ1n) is 9.43. The van der Waals surface area contributed by atoms with Gasteiger partial charge in [0.05, 0.1) is 6.42 Å². The first-order chi connectivity index (χ1) is 13.7. The maximum atomic E-state index is 13.2. The van der Waals surface area contributed by atoms with Gasteiger partial charge in [0.2, 0.25) is 11.8 Å². The normalized spacial score (nSPS) is 12.0. The molecule has 156 valence electrons. The van der Waals surface area contributed by atoms with Crippen LogP contribution in [0.3, 0.4) is 0 Å². The number of carbonyl (C=O) groups excluding carboxylic acids is 2. The molecular formula is C22H25Cl3N2O2. The Hall–Kier alpha value is -1.75. The number of nitrogens with zero attached hydrogens (tertiary/aromatic N) is 1. The molecule has 29 heavy (non-hydrogen) atoms. The van der Waals surface area contributed by atoms with Crippen LogP contribution in [0.15, 0.2) is 42.5 Å².